The van der Waals surface area contributed by atoms with Gasteiger partial charge in [0.15, 0.2) is 11.5 Å². The van der Waals surface area contributed by atoms with Crippen molar-refractivity contribution in [3.63, 3.8) is 0 Å². The van der Waals surface area contributed by atoms with Crippen molar-refractivity contribution in [2.24, 2.45) is 0 Å². The fourth-order valence-corrected chi connectivity index (χ4v) is 4.70. The van der Waals surface area contributed by atoms with Gasteiger partial charge < -0.3 is 14.9 Å². The Hall–Kier alpha value is -3.86. The van der Waals surface area contributed by atoms with Gasteiger partial charge in [-0.1, -0.05) is 11.8 Å². The van der Waals surface area contributed by atoms with Gasteiger partial charge in [-0.3, -0.25) is 0 Å². The maximum absolute atomic E-state index is 5.39. The van der Waals surface area contributed by atoms with Gasteiger partial charge in [0.1, 0.15) is 16.9 Å². The Balaban J connectivity index is 1.42. The van der Waals surface area contributed by atoms with E-state index in [0.29, 0.717) is 5.65 Å². The van der Waals surface area contributed by atoms with E-state index in [-0.39, 0.29) is 5.37 Å². The molecule has 4 heterocycles. The minimum absolute atomic E-state index is 0.133. The Bertz CT molecular complexity index is 1430. The first kappa shape index (κ1) is 18.0. The second-order valence-electron chi connectivity index (χ2n) is 6.94. The molecule has 0 bridgehead atoms. The number of nitrogens with zero attached hydrogens (tertiary/aromatic N) is 7. The Kier molecular flexibility index (Phi) is 3.96. The van der Waals surface area contributed by atoms with Crippen molar-refractivity contribution in [2.75, 3.05) is 19.6 Å². The van der Waals surface area contributed by atoms with E-state index in [1.807, 2.05) is 47.1 Å². The third-order valence-electron chi connectivity index (χ3n) is 5.24. The number of hydrogen-bond acceptors (Lipinski definition) is 9. The molecule has 11 heteroatoms. The van der Waals surface area contributed by atoms with Gasteiger partial charge in [0.05, 0.1) is 19.7 Å². The van der Waals surface area contributed by atoms with E-state index in [2.05, 4.69) is 37.2 Å². The maximum atomic E-state index is 5.39. The molecule has 1 aliphatic heterocycles. The van der Waals surface area contributed by atoms with Crippen molar-refractivity contribution in [1.29, 1.82) is 0 Å². The van der Waals surface area contributed by atoms with Crippen molar-refractivity contribution in [2.45, 2.75) is 10.5 Å². The first-order valence-electron chi connectivity index (χ1n) is 9.47. The molecule has 1 N–H and O–H groups in total. The van der Waals surface area contributed by atoms with E-state index < -0.39 is 0 Å². The third-order valence-corrected chi connectivity index (χ3v) is 6.31. The first-order valence-corrected chi connectivity index (χ1v) is 10.3. The van der Waals surface area contributed by atoms with E-state index in [9.17, 15) is 0 Å². The highest BCUT2D eigenvalue weighted by molar-refractivity contribution is 7.99. The van der Waals surface area contributed by atoms with E-state index in [1.165, 1.54) is 0 Å². The number of hydrogen-bond donors (Lipinski definition) is 1. The molecule has 0 saturated carbocycles. The lowest BCUT2D eigenvalue weighted by molar-refractivity contribution is 0.415. The largest absolute Gasteiger partial charge is 0.497 e. The third kappa shape index (κ3) is 2.77. The number of ether oxygens (including phenoxy) is 2. The molecule has 3 aromatic heterocycles. The molecule has 1 unspecified atom stereocenters. The first-order chi connectivity index (χ1) is 15.2. The van der Waals surface area contributed by atoms with Crippen molar-refractivity contribution in [3.05, 3.63) is 54.1 Å². The summed E-state index contributed by atoms with van der Waals surface area (Å²) in [6, 6.07) is 15.6. The normalized spacial score (nSPS) is 15.2. The van der Waals surface area contributed by atoms with Gasteiger partial charge in [-0.05, 0) is 59.0 Å². The molecule has 2 aromatic carbocycles. The molecule has 5 aromatic rings. The highest BCUT2D eigenvalue weighted by atomic mass is 32.2. The SMILES string of the molecule is COc1ccc(-c2nnc3n2NC(c2cc4cc(OC)ccc4n4nnnc24)S3)cc1. The molecule has 0 spiro atoms. The molecule has 1 aliphatic rings. The number of fused-ring (bicyclic) bond motifs is 4. The minimum Gasteiger partial charge on any atom is -0.497 e. The number of rotatable bonds is 4. The molecule has 31 heavy (non-hydrogen) atoms. The van der Waals surface area contributed by atoms with Crippen LogP contribution in [0.2, 0.25) is 0 Å². The number of nitrogens with one attached hydrogen (secondary N) is 1. The van der Waals surface area contributed by atoms with E-state index in [1.54, 1.807) is 30.5 Å². The van der Waals surface area contributed by atoms with Gasteiger partial charge in [-0.15, -0.1) is 15.3 Å². The quantitative estimate of drug-likeness (QED) is 0.459. The number of tetrazole rings is 1. The summed E-state index contributed by atoms with van der Waals surface area (Å²) in [5, 5.41) is 22.7. The average molecular weight is 432 g/mol. The number of thioether (sulfide) groups is 1. The maximum Gasteiger partial charge on any atom is 0.212 e. The summed E-state index contributed by atoms with van der Waals surface area (Å²) in [4.78, 5) is 0. The predicted octanol–water partition coefficient (Wildman–Crippen LogP) is 2.90. The Morgan fingerprint density at radius 3 is 2.55 bits per heavy atom. The molecular formula is C20H16N8O2S. The zero-order valence-corrected chi connectivity index (χ0v) is 17.4. The highest BCUT2D eigenvalue weighted by Gasteiger charge is 2.30. The van der Waals surface area contributed by atoms with Crippen LogP contribution in [0.1, 0.15) is 10.9 Å². The summed E-state index contributed by atoms with van der Waals surface area (Å²) in [7, 11) is 3.30. The molecule has 154 valence electrons. The summed E-state index contributed by atoms with van der Waals surface area (Å²) in [5.74, 6) is 2.29. The van der Waals surface area contributed by atoms with Crippen molar-refractivity contribution in [1.82, 2.24) is 34.9 Å². The number of methoxy groups -OCH3 is 2. The van der Waals surface area contributed by atoms with Gasteiger partial charge in [-0.2, -0.15) is 4.52 Å². The zero-order valence-electron chi connectivity index (χ0n) is 16.6. The van der Waals surface area contributed by atoms with Gasteiger partial charge in [-0.25, -0.2) is 4.68 Å². The molecular weight excluding hydrogens is 416 g/mol. The molecule has 0 fully saturated rings. The Morgan fingerprint density at radius 1 is 0.935 bits per heavy atom. The second-order valence-corrected chi connectivity index (χ2v) is 8.01. The second kappa shape index (κ2) is 6.84. The summed E-state index contributed by atoms with van der Waals surface area (Å²) in [6.07, 6.45) is 0. The molecule has 6 rings (SSSR count). The number of pyridine rings is 1. The van der Waals surface area contributed by atoms with Gasteiger partial charge in [0, 0.05) is 16.5 Å². The molecule has 10 nitrogen and oxygen atoms in total. The van der Waals surface area contributed by atoms with Crippen molar-refractivity contribution >= 4 is 28.3 Å². The fraction of sp³-hybridized carbons (Fsp3) is 0.150. The standard InChI is InChI=1S/C20H16N8O2S/c1-29-13-5-3-11(4-6-13)17-21-23-20-28(17)24-19(31-20)15-10-12-9-14(30-2)7-8-16(12)27-18(15)22-25-26-27/h3-10,19,24H,1-2H3. The van der Waals surface area contributed by atoms with E-state index in [0.717, 1.165) is 44.5 Å². The lowest BCUT2D eigenvalue weighted by Crippen LogP contribution is -2.15. The lowest BCUT2D eigenvalue weighted by Gasteiger charge is -2.14. The van der Waals surface area contributed by atoms with Crippen molar-refractivity contribution < 1.29 is 9.47 Å². The average Bonchev–Trinajstić information content (AvgIpc) is 3.54. The number of benzene rings is 2. The Morgan fingerprint density at radius 2 is 1.74 bits per heavy atom. The van der Waals surface area contributed by atoms with Crippen LogP contribution in [0.25, 0.3) is 27.9 Å². The molecule has 1 atom stereocenters. The monoisotopic (exact) mass is 432 g/mol. The van der Waals surface area contributed by atoms with Crippen LogP contribution in [0.4, 0.5) is 0 Å². The smallest absolute Gasteiger partial charge is 0.212 e. The van der Waals surface area contributed by atoms with Gasteiger partial charge in [0.2, 0.25) is 5.16 Å². The highest BCUT2D eigenvalue weighted by Crippen LogP contribution is 2.42. The molecule has 0 aliphatic carbocycles. The summed E-state index contributed by atoms with van der Waals surface area (Å²) < 4.78 is 14.3. The molecule has 0 amide bonds. The van der Waals surface area contributed by atoms with Gasteiger partial charge in [0.25, 0.3) is 0 Å². The van der Waals surface area contributed by atoms with Crippen LogP contribution in [0.3, 0.4) is 0 Å². The zero-order chi connectivity index (χ0) is 20.9. The van der Waals surface area contributed by atoms with Crippen LogP contribution in [0, 0.1) is 0 Å². The summed E-state index contributed by atoms with van der Waals surface area (Å²) in [5.41, 5.74) is 6.96. The van der Waals surface area contributed by atoms with Crippen LogP contribution >= 0.6 is 11.8 Å². The fourth-order valence-electron chi connectivity index (χ4n) is 3.69. The van der Waals surface area contributed by atoms with Gasteiger partial charge >= 0.3 is 0 Å². The van der Waals surface area contributed by atoms with E-state index >= 15 is 0 Å². The minimum atomic E-state index is -0.133. The predicted molar refractivity (Wildman–Crippen MR) is 115 cm³/mol. The number of aromatic nitrogens is 7. The molecule has 0 radical (unpaired) electrons. The lowest BCUT2D eigenvalue weighted by atomic mass is 10.1. The Labute approximate surface area is 180 Å². The topological polar surface area (TPSA) is 104 Å². The van der Waals surface area contributed by atoms with Crippen LogP contribution in [0.15, 0.2) is 53.7 Å². The van der Waals surface area contributed by atoms with Crippen LogP contribution in [-0.2, 0) is 0 Å². The van der Waals surface area contributed by atoms with Crippen LogP contribution < -0.4 is 14.9 Å². The van der Waals surface area contributed by atoms with Crippen molar-refractivity contribution in [3.8, 4) is 22.9 Å². The van der Waals surface area contributed by atoms with Crippen LogP contribution in [0.5, 0.6) is 11.5 Å². The summed E-state index contributed by atoms with van der Waals surface area (Å²) >= 11 is 1.56. The molecule has 0 saturated heterocycles. The summed E-state index contributed by atoms with van der Waals surface area (Å²) in [6.45, 7) is 0. The van der Waals surface area contributed by atoms with Crippen LogP contribution in [-0.4, -0.2) is 49.1 Å². The van der Waals surface area contributed by atoms with E-state index in [4.69, 9.17) is 9.47 Å².